The Balaban J connectivity index is 2.19. The number of nitrogens with zero attached hydrogens (tertiary/aromatic N) is 3. The summed E-state index contributed by atoms with van der Waals surface area (Å²) in [6.07, 6.45) is 2.35. The van der Waals surface area contributed by atoms with Gasteiger partial charge in [-0.3, -0.25) is 0 Å². The molecule has 0 aliphatic rings. The zero-order valence-electron chi connectivity index (χ0n) is 13.3. The second-order valence-corrected chi connectivity index (χ2v) is 6.16. The molecule has 0 spiro atoms. The van der Waals surface area contributed by atoms with E-state index < -0.39 is 5.97 Å². The van der Waals surface area contributed by atoms with Crippen molar-refractivity contribution in [1.82, 2.24) is 9.55 Å². The Bertz CT molecular complexity index is 932. The Kier molecular flexibility index (Phi) is 4.19. The monoisotopic (exact) mass is 337 g/mol. The third-order valence-corrected chi connectivity index (χ3v) is 4.81. The van der Waals surface area contributed by atoms with Gasteiger partial charge in [0.1, 0.15) is 10.7 Å². The van der Waals surface area contributed by atoms with Crippen LogP contribution in [0.1, 0.15) is 23.1 Å². The molecule has 1 N–H and O–H groups in total. The summed E-state index contributed by atoms with van der Waals surface area (Å²) < 4.78 is 1.61. The first-order chi connectivity index (χ1) is 11.6. The molecule has 2 aromatic heterocycles. The van der Waals surface area contributed by atoms with Crippen LogP contribution in [0.3, 0.4) is 0 Å². The lowest BCUT2D eigenvalue weighted by atomic mass is 10.0. The zero-order chi connectivity index (χ0) is 17.3. The number of carbonyl (C=O) groups is 1. The average molecular weight is 337 g/mol. The molecule has 0 radical (unpaired) electrons. The van der Waals surface area contributed by atoms with Crippen LogP contribution < -0.4 is 0 Å². The minimum absolute atomic E-state index is 0.153. The van der Waals surface area contributed by atoms with Crippen LogP contribution in [0, 0.1) is 6.57 Å². The van der Waals surface area contributed by atoms with Gasteiger partial charge in [0, 0.05) is 35.4 Å². The quantitative estimate of drug-likeness (QED) is 0.706. The Morgan fingerprint density at radius 1 is 1.33 bits per heavy atom. The van der Waals surface area contributed by atoms with Crippen LogP contribution in [0.5, 0.6) is 0 Å². The highest BCUT2D eigenvalue weighted by atomic mass is 32.1. The van der Waals surface area contributed by atoms with E-state index in [1.807, 2.05) is 36.6 Å². The van der Waals surface area contributed by atoms with Crippen LogP contribution in [0.4, 0.5) is 5.69 Å². The zero-order valence-corrected chi connectivity index (χ0v) is 14.1. The van der Waals surface area contributed by atoms with E-state index in [-0.39, 0.29) is 5.69 Å². The van der Waals surface area contributed by atoms with E-state index in [0.29, 0.717) is 17.7 Å². The van der Waals surface area contributed by atoms with E-state index in [2.05, 4.69) is 9.83 Å². The molecule has 2 heterocycles. The molecule has 1 aromatic carbocycles. The van der Waals surface area contributed by atoms with Crippen molar-refractivity contribution in [2.45, 2.75) is 13.3 Å². The number of carboxylic acid groups (broad SMARTS) is 1. The summed E-state index contributed by atoms with van der Waals surface area (Å²) in [6, 6.07) is 7.53. The van der Waals surface area contributed by atoms with Gasteiger partial charge in [-0.2, -0.15) is 0 Å². The fraction of sp³-hybridized carbons (Fsp3) is 0.167. The lowest BCUT2D eigenvalue weighted by Gasteiger charge is -2.06. The summed E-state index contributed by atoms with van der Waals surface area (Å²) in [5.41, 5.74) is 3.50. The van der Waals surface area contributed by atoms with Gasteiger partial charge in [0.2, 0.25) is 5.69 Å². The van der Waals surface area contributed by atoms with E-state index in [1.165, 1.54) is 0 Å². The first-order valence-corrected chi connectivity index (χ1v) is 8.29. The highest BCUT2D eigenvalue weighted by molar-refractivity contribution is 7.13. The van der Waals surface area contributed by atoms with Crippen molar-refractivity contribution >= 4 is 23.0 Å². The molecule has 6 heteroatoms. The Morgan fingerprint density at radius 2 is 2.00 bits per heavy atom. The van der Waals surface area contributed by atoms with Crippen LogP contribution in [-0.2, 0) is 13.5 Å². The van der Waals surface area contributed by atoms with Gasteiger partial charge in [0.25, 0.3) is 0 Å². The number of aromatic nitrogens is 2. The van der Waals surface area contributed by atoms with E-state index >= 15 is 0 Å². The van der Waals surface area contributed by atoms with Gasteiger partial charge in [-0.15, -0.1) is 11.3 Å². The topological polar surface area (TPSA) is 59.5 Å². The van der Waals surface area contributed by atoms with Crippen molar-refractivity contribution in [3.8, 4) is 21.7 Å². The Labute approximate surface area is 143 Å². The standard InChI is InChI=1S/C18H15N3O2S/c1-4-13-15(19-2)14(16(18(22)23)21(13)3)11-5-7-12(8-6-11)17-20-9-10-24-17/h5-10H,4H2,1,3H3,(H,22,23). The second-order valence-electron chi connectivity index (χ2n) is 5.26. The second kappa shape index (κ2) is 6.30. The van der Waals surface area contributed by atoms with Gasteiger partial charge >= 0.3 is 5.97 Å². The molecular weight excluding hydrogens is 322 g/mol. The fourth-order valence-corrected chi connectivity index (χ4v) is 3.56. The van der Waals surface area contributed by atoms with E-state index in [0.717, 1.165) is 21.8 Å². The van der Waals surface area contributed by atoms with E-state index in [9.17, 15) is 9.90 Å². The number of hydrogen-bond donors (Lipinski definition) is 1. The third kappa shape index (κ3) is 2.49. The molecule has 0 bridgehead atoms. The predicted octanol–water partition coefficient (Wildman–Crippen LogP) is 4.63. The molecular formula is C18H15N3O2S. The molecule has 120 valence electrons. The number of thiazole rings is 1. The van der Waals surface area contributed by atoms with Crippen LogP contribution in [0.2, 0.25) is 0 Å². The summed E-state index contributed by atoms with van der Waals surface area (Å²) in [5.74, 6) is -1.03. The minimum Gasteiger partial charge on any atom is -0.477 e. The van der Waals surface area contributed by atoms with Gasteiger partial charge < -0.3 is 9.67 Å². The first kappa shape index (κ1) is 16.0. The van der Waals surface area contributed by atoms with Crippen LogP contribution in [-0.4, -0.2) is 20.6 Å². The summed E-state index contributed by atoms with van der Waals surface area (Å²) in [4.78, 5) is 19.6. The van der Waals surface area contributed by atoms with Gasteiger partial charge in [-0.1, -0.05) is 31.2 Å². The van der Waals surface area contributed by atoms with Crippen LogP contribution >= 0.6 is 11.3 Å². The fourth-order valence-electron chi connectivity index (χ4n) is 2.91. The molecule has 0 aliphatic heterocycles. The lowest BCUT2D eigenvalue weighted by molar-refractivity contribution is 0.0687. The molecule has 5 nitrogen and oxygen atoms in total. The van der Waals surface area contributed by atoms with Crippen LogP contribution in [0.25, 0.3) is 26.5 Å². The Hall–Kier alpha value is -2.91. The van der Waals surface area contributed by atoms with Crippen LogP contribution in [0.15, 0.2) is 35.8 Å². The van der Waals surface area contributed by atoms with Crippen molar-refractivity contribution in [1.29, 1.82) is 0 Å². The molecule has 0 unspecified atom stereocenters. The van der Waals surface area contributed by atoms with Crippen molar-refractivity contribution < 1.29 is 9.90 Å². The summed E-state index contributed by atoms with van der Waals surface area (Å²) >= 11 is 1.55. The maximum Gasteiger partial charge on any atom is 0.351 e. The van der Waals surface area contributed by atoms with Gasteiger partial charge in [0.05, 0.1) is 6.57 Å². The molecule has 24 heavy (non-hydrogen) atoms. The van der Waals surface area contributed by atoms with Crippen molar-refractivity contribution in [2.24, 2.45) is 7.05 Å². The lowest BCUT2D eigenvalue weighted by Crippen LogP contribution is -2.07. The highest BCUT2D eigenvalue weighted by Gasteiger charge is 2.25. The number of hydrogen-bond acceptors (Lipinski definition) is 3. The first-order valence-electron chi connectivity index (χ1n) is 7.41. The largest absolute Gasteiger partial charge is 0.477 e. The van der Waals surface area contributed by atoms with Crippen molar-refractivity contribution in [3.05, 3.63) is 58.6 Å². The molecule has 0 aliphatic carbocycles. The normalized spacial score (nSPS) is 10.5. The molecule has 0 fully saturated rings. The Morgan fingerprint density at radius 3 is 2.50 bits per heavy atom. The third-order valence-electron chi connectivity index (χ3n) is 3.99. The maximum atomic E-state index is 11.7. The number of rotatable bonds is 4. The summed E-state index contributed by atoms with van der Waals surface area (Å²) in [5, 5.41) is 12.4. The number of aromatic carboxylic acids is 1. The maximum absolute atomic E-state index is 11.7. The summed E-state index contributed by atoms with van der Waals surface area (Å²) in [6.45, 7) is 9.42. The van der Waals surface area contributed by atoms with Gasteiger partial charge in [-0.05, 0) is 12.0 Å². The molecule has 0 atom stereocenters. The molecule has 0 saturated heterocycles. The highest BCUT2D eigenvalue weighted by Crippen LogP contribution is 2.40. The van der Waals surface area contributed by atoms with Gasteiger partial charge in [0.15, 0.2) is 0 Å². The smallest absolute Gasteiger partial charge is 0.351 e. The van der Waals surface area contributed by atoms with Gasteiger partial charge in [-0.25, -0.2) is 14.6 Å². The number of carboxylic acids is 1. The molecule has 0 amide bonds. The summed E-state index contributed by atoms with van der Waals surface area (Å²) in [7, 11) is 1.70. The van der Waals surface area contributed by atoms with E-state index in [4.69, 9.17) is 6.57 Å². The minimum atomic E-state index is -1.03. The SMILES string of the molecule is [C-]#[N+]c1c(-c2ccc(-c3nccs3)cc2)c(C(=O)O)n(C)c1CC. The number of benzene rings is 1. The molecule has 0 saturated carbocycles. The van der Waals surface area contributed by atoms with Crippen molar-refractivity contribution in [3.63, 3.8) is 0 Å². The molecule has 3 rings (SSSR count). The predicted molar refractivity (Wildman–Crippen MR) is 94.6 cm³/mol. The molecule has 3 aromatic rings. The van der Waals surface area contributed by atoms with Crippen molar-refractivity contribution in [2.75, 3.05) is 0 Å². The average Bonchev–Trinajstić information content (AvgIpc) is 3.20. The van der Waals surface area contributed by atoms with E-state index in [1.54, 1.807) is 29.1 Å².